The van der Waals surface area contributed by atoms with Crippen LogP contribution in [0.5, 0.6) is 0 Å². The number of amidine groups is 1. The van der Waals surface area contributed by atoms with E-state index >= 15 is 0 Å². The third-order valence-electron chi connectivity index (χ3n) is 2.29. The van der Waals surface area contributed by atoms with Crippen molar-refractivity contribution < 1.29 is 0 Å². The van der Waals surface area contributed by atoms with Gasteiger partial charge in [0.2, 0.25) is 0 Å². The molecule has 1 heterocycles. The zero-order valence-corrected chi connectivity index (χ0v) is 12.4. The number of nitrogens with zero attached hydrogens (tertiary/aromatic N) is 1. The van der Waals surface area contributed by atoms with E-state index in [2.05, 4.69) is 25.9 Å². The van der Waals surface area contributed by atoms with Gasteiger partial charge in [-0.25, -0.2) is 4.98 Å². The van der Waals surface area contributed by atoms with Gasteiger partial charge >= 0.3 is 0 Å². The van der Waals surface area contributed by atoms with E-state index in [0.717, 1.165) is 9.37 Å². The average molecular weight is 339 g/mol. The highest BCUT2D eigenvalue weighted by molar-refractivity contribution is 9.10. The highest BCUT2D eigenvalue weighted by Crippen LogP contribution is 2.28. The fourth-order valence-electron chi connectivity index (χ4n) is 1.49. The maximum Gasteiger partial charge on any atom is 0.251 e. The highest BCUT2D eigenvalue weighted by atomic mass is 79.9. The summed E-state index contributed by atoms with van der Waals surface area (Å²) in [4.78, 5) is 19.2. The Morgan fingerprint density at radius 2 is 2.21 bits per heavy atom. The fourth-order valence-corrected chi connectivity index (χ4v) is 3.11. The molecular formula is C12H11BrN4OS. The molecule has 2 rings (SSSR count). The molecule has 2 aromatic rings. The molecule has 5 nitrogen and oxygen atoms in total. The van der Waals surface area contributed by atoms with Crippen LogP contribution in [0, 0.1) is 12.3 Å². The molecule has 0 bridgehead atoms. The molecule has 98 valence electrons. The second-order valence-corrected chi connectivity index (χ2v) is 5.77. The summed E-state index contributed by atoms with van der Waals surface area (Å²) < 4.78 is 0.736. The van der Waals surface area contributed by atoms with E-state index < -0.39 is 0 Å². The molecule has 1 aromatic carbocycles. The fraction of sp³-hybridized carbons (Fsp3) is 0.0833. The lowest BCUT2D eigenvalue weighted by molar-refractivity contribution is 0.905. The summed E-state index contributed by atoms with van der Waals surface area (Å²) in [5, 5.41) is 7.94. The lowest BCUT2D eigenvalue weighted by Gasteiger charge is -2.05. The van der Waals surface area contributed by atoms with Gasteiger partial charge in [-0.1, -0.05) is 11.8 Å². The lowest BCUT2D eigenvalue weighted by atomic mass is 10.2. The molecule has 0 unspecified atom stereocenters. The smallest absolute Gasteiger partial charge is 0.251 e. The number of nitrogens with one attached hydrogen (secondary N) is 2. The Hall–Kier alpha value is -1.60. The summed E-state index contributed by atoms with van der Waals surface area (Å²) in [6.45, 7) is 1.77. The first-order chi connectivity index (χ1) is 8.95. The minimum atomic E-state index is -0.172. The van der Waals surface area contributed by atoms with E-state index in [1.165, 1.54) is 17.8 Å². The summed E-state index contributed by atoms with van der Waals surface area (Å²) in [5.74, 6) is 0.00510. The molecule has 19 heavy (non-hydrogen) atoms. The van der Waals surface area contributed by atoms with Gasteiger partial charge in [0.1, 0.15) is 5.84 Å². The summed E-state index contributed by atoms with van der Waals surface area (Å²) in [6.07, 6.45) is 0. The maximum absolute atomic E-state index is 11.3. The Morgan fingerprint density at radius 1 is 1.47 bits per heavy atom. The molecule has 0 spiro atoms. The largest absolute Gasteiger partial charge is 0.384 e. The van der Waals surface area contributed by atoms with Crippen LogP contribution in [0.4, 0.5) is 0 Å². The van der Waals surface area contributed by atoms with Gasteiger partial charge in [0.15, 0.2) is 5.16 Å². The Balaban J connectivity index is 2.31. The number of hydrogen-bond acceptors (Lipinski definition) is 4. The second kappa shape index (κ2) is 5.58. The van der Waals surface area contributed by atoms with Crippen molar-refractivity contribution in [2.75, 3.05) is 0 Å². The van der Waals surface area contributed by atoms with E-state index in [0.29, 0.717) is 16.4 Å². The van der Waals surface area contributed by atoms with E-state index in [-0.39, 0.29) is 11.4 Å². The molecule has 0 aliphatic carbocycles. The SMILES string of the molecule is Cc1cc(=O)[nH]c(Sc2ccc(C(=N)N)c(Br)c2)n1. The molecule has 0 amide bonds. The molecular weight excluding hydrogens is 328 g/mol. The molecule has 0 aliphatic rings. The number of aromatic amines is 1. The summed E-state index contributed by atoms with van der Waals surface area (Å²) >= 11 is 4.71. The quantitative estimate of drug-likeness (QED) is 0.454. The van der Waals surface area contributed by atoms with Crippen LogP contribution >= 0.6 is 27.7 Å². The van der Waals surface area contributed by atoms with Crippen molar-refractivity contribution in [3.05, 3.63) is 50.3 Å². The van der Waals surface area contributed by atoms with E-state index in [1.54, 1.807) is 13.0 Å². The van der Waals surface area contributed by atoms with Gasteiger partial charge in [0.05, 0.1) is 0 Å². The van der Waals surface area contributed by atoms with Crippen LogP contribution in [0.1, 0.15) is 11.3 Å². The van der Waals surface area contributed by atoms with Crippen molar-refractivity contribution in [1.82, 2.24) is 9.97 Å². The molecule has 0 saturated heterocycles. The van der Waals surface area contributed by atoms with Crippen LogP contribution in [0.3, 0.4) is 0 Å². The van der Waals surface area contributed by atoms with E-state index in [9.17, 15) is 4.79 Å². The third kappa shape index (κ3) is 3.45. The lowest BCUT2D eigenvalue weighted by Crippen LogP contribution is -2.11. The van der Waals surface area contributed by atoms with Crippen molar-refractivity contribution in [2.24, 2.45) is 5.73 Å². The van der Waals surface area contributed by atoms with Gasteiger partial charge in [-0.15, -0.1) is 0 Å². The molecule has 7 heteroatoms. The number of benzene rings is 1. The monoisotopic (exact) mass is 338 g/mol. The van der Waals surface area contributed by atoms with Crippen molar-refractivity contribution >= 4 is 33.5 Å². The minimum absolute atomic E-state index is 0.00510. The predicted octanol–water partition coefficient (Wildman–Crippen LogP) is 2.28. The van der Waals surface area contributed by atoms with Gasteiger partial charge in [-0.05, 0) is 41.1 Å². The van der Waals surface area contributed by atoms with Crippen LogP contribution in [-0.2, 0) is 0 Å². The Morgan fingerprint density at radius 3 is 2.79 bits per heavy atom. The normalized spacial score (nSPS) is 10.4. The van der Waals surface area contributed by atoms with Crippen molar-refractivity contribution in [3.63, 3.8) is 0 Å². The van der Waals surface area contributed by atoms with Gasteiger partial charge in [-0.3, -0.25) is 10.2 Å². The van der Waals surface area contributed by atoms with E-state index in [4.69, 9.17) is 11.1 Å². The average Bonchev–Trinajstić information content (AvgIpc) is 2.26. The standard InChI is InChI=1S/C12H11BrN4OS/c1-6-4-10(18)17-12(16-6)19-7-2-3-8(11(14)15)9(13)5-7/h2-5H,1H3,(H3,14,15)(H,16,17,18). The molecule has 0 atom stereocenters. The number of halogens is 1. The number of nitrogen functional groups attached to an aromatic ring is 1. The first kappa shape index (κ1) is 13.8. The van der Waals surface area contributed by atoms with Gasteiger partial charge in [0.25, 0.3) is 5.56 Å². The molecule has 1 aromatic heterocycles. The molecule has 4 N–H and O–H groups in total. The third-order valence-corrected chi connectivity index (χ3v) is 3.83. The number of hydrogen-bond donors (Lipinski definition) is 3. The number of H-pyrrole nitrogens is 1. The number of aromatic nitrogens is 2. The van der Waals surface area contributed by atoms with Gasteiger partial charge in [0, 0.05) is 26.7 Å². The summed E-state index contributed by atoms with van der Waals surface area (Å²) in [6, 6.07) is 6.86. The van der Waals surface area contributed by atoms with Crippen LogP contribution in [0.15, 0.2) is 43.6 Å². The zero-order valence-electron chi connectivity index (χ0n) is 10.0. The topological polar surface area (TPSA) is 95.6 Å². The summed E-state index contributed by atoms with van der Waals surface area (Å²) in [5.41, 5.74) is 6.58. The van der Waals surface area contributed by atoms with Crippen molar-refractivity contribution in [1.29, 1.82) is 5.41 Å². The maximum atomic E-state index is 11.3. The molecule has 0 saturated carbocycles. The van der Waals surface area contributed by atoms with Crippen LogP contribution in [-0.4, -0.2) is 15.8 Å². The first-order valence-electron chi connectivity index (χ1n) is 5.35. The number of rotatable bonds is 3. The van der Waals surface area contributed by atoms with Crippen molar-refractivity contribution in [2.45, 2.75) is 17.0 Å². The summed E-state index contributed by atoms with van der Waals surface area (Å²) in [7, 11) is 0. The Kier molecular flexibility index (Phi) is 4.06. The molecule has 0 radical (unpaired) electrons. The number of nitrogens with two attached hydrogens (primary N) is 1. The molecule has 0 fully saturated rings. The van der Waals surface area contributed by atoms with Gasteiger partial charge < -0.3 is 10.7 Å². The zero-order chi connectivity index (χ0) is 14.0. The van der Waals surface area contributed by atoms with Crippen LogP contribution in [0.2, 0.25) is 0 Å². The van der Waals surface area contributed by atoms with E-state index in [1.807, 2.05) is 12.1 Å². The van der Waals surface area contributed by atoms with Gasteiger partial charge in [-0.2, -0.15) is 0 Å². The Labute approximate surface area is 122 Å². The first-order valence-corrected chi connectivity index (χ1v) is 6.96. The Bertz CT molecular complexity index is 698. The van der Waals surface area contributed by atoms with Crippen LogP contribution in [0.25, 0.3) is 0 Å². The minimum Gasteiger partial charge on any atom is -0.384 e. The second-order valence-electron chi connectivity index (χ2n) is 3.85. The predicted molar refractivity (Wildman–Crippen MR) is 78.9 cm³/mol. The highest BCUT2D eigenvalue weighted by Gasteiger charge is 2.06. The number of aryl methyl sites for hydroxylation is 1. The van der Waals surface area contributed by atoms with Crippen molar-refractivity contribution in [3.8, 4) is 0 Å². The van der Waals surface area contributed by atoms with Crippen LogP contribution < -0.4 is 11.3 Å². The molecule has 0 aliphatic heterocycles.